The molecule has 0 fully saturated rings. The van der Waals surface area contributed by atoms with Crippen LogP contribution in [-0.4, -0.2) is 37.2 Å². The molecular formula is C15H24N2O. The third kappa shape index (κ3) is 3.03. The van der Waals surface area contributed by atoms with Crippen molar-refractivity contribution in [3.63, 3.8) is 0 Å². The minimum atomic E-state index is 0.284. The first kappa shape index (κ1) is 13.4. The van der Waals surface area contributed by atoms with Gasteiger partial charge in [0.1, 0.15) is 11.9 Å². The van der Waals surface area contributed by atoms with Gasteiger partial charge in [-0.3, -0.25) is 4.90 Å². The van der Waals surface area contributed by atoms with Crippen molar-refractivity contribution >= 4 is 0 Å². The Morgan fingerprint density at radius 1 is 1.50 bits per heavy atom. The van der Waals surface area contributed by atoms with Gasteiger partial charge in [-0.05, 0) is 45.5 Å². The molecule has 0 spiro atoms. The summed E-state index contributed by atoms with van der Waals surface area (Å²) in [7, 11) is 2.15. The second-order valence-electron chi connectivity index (χ2n) is 5.42. The molecule has 2 rings (SSSR count). The van der Waals surface area contributed by atoms with E-state index < -0.39 is 0 Å². The average molecular weight is 248 g/mol. The predicted octanol–water partition coefficient (Wildman–Crippen LogP) is 1.97. The van der Waals surface area contributed by atoms with Gasteiger partial charge in [0.2, 0.25) is 0 Å². The molecule has 1 aromatic rings. The molecule has 0 radical (unpaired) electrons. The van der Waals surface area contributed by atoms with Crippen LogP contribution in [-0.2, 0) is 6.42 Å². The lowest BCUT2D eigenvalue weighted by molar-refractivity contribution is 0.141. The van der Waals surface area contributed by atoms with Gasteiger partial charge in [-0.1, -0.05) is 17.7 Å². The van der Waals surface area contributed by atoms with Crippen LogP contribution >= 0.6 is 0 Å². The first-order valence-electron chi connectivity index (χ1n) is 6.76. The van der Waals surface area contributed by atoms with Gasteiger partial charge in [-0.15, -0.1) is 0 Å². The minimum absolute atomic E-state index is 0.284. The molecule has 1 aliphatic rings. The van der Waals surface area contributed by atoms with Gasteiger partial charge in [0.15, 0.2) is 0 Å². The third-order valence-electron chi connectivity index (χ3n) is 3.79. The van der Waals surface area contributed by atoms with Gasteiger partial charge in [0.25, 0.3) is 0 Å². The Morgan fingerprint density at radius 2 is 2.28 bits per heavy atom. The van der Waals surface area contributed by atoms with Crippen molar-refractivity contribution in [2.75, 3.05) is 20.1 Å². The summed E-state index contributed by atoms with van der Waals surface area (Å²) >= 11 is 0. The maximum absolute atomic E-state index is 5.99. The van der Waals surface area contributed by atoms with Gasteiger partial charge in [0.05, 0.1) is 0 Å². The quantitative estimate of drug-likeness (QED) is 0.866. The molecule has 2 N–H and O–H groups in total. The molecule has 2 unspecified atom stereocenters. The number of rotatable bonds is 5. The Balaban J connectivity index is 1.91. The van der Waals surface area contributed by atoms with Crippen LogP contribution < -0.4 is 10.5 Å². The van der Waals surface area contributed by atoms with Crippen molar-refractivity contribution in [3.8, 4) is 5.75 Å². The van der Waals surface area contributed by atoms with Crippen LogP contribution in [0.1, 0.15) is 24.5 Å². The van der Waals surface area contributed by atoms with E-state index in [1.165, 1.54) is 11.1 Å². The largest absolute Gasteiger partial charge is 0.488 e. The molecule has 1 aromatic carbocycles. The van der Waals surface area contributed by atoms with E-state index in [2.05, 4.69) is 44.0 Å². The zero-order valence-corrected chi connectivity index (χ0v) is 11.6. The van der Waals surface area contributed by atoms with Gasteiger partial charge in [-0.2, -0.15) is 0 Å². The summed E-state index contributed by atoms with van der Waals surface area (Å²) in [6, 6.07) is 6.96. The third-order valence-corrected chi connectivity index (χ3v) is 3.79. The van der Waals surface area contributed by atoms with E-state index in [0.29, 0.717) is 6.04 Å². The van der Waals surface area contributed by atoms with Crippen molar-refractivity contribution in [1.29, 1.82) is 0 Å². The molecular weight excluding hydrogens is 224 g/mol. The molecule has 0 aromatic heterocycles. The monoisotopic (exact) mass is 248 g/mol. The molecule has 2 atom stereocenters. The van der Waals surface area contributed by atoms with Gasteiger partial charge in [-0.25, -0.2) is 0 Å². The lowest BCUT2D eigenvalue weighted by Gasteiger charge is -2.26. The average Bonchev–Trinajstić information content (AvgIpc) is 2.70. The fourth-order valence-corrected chi connectivity index (χ4v) is 2.51. The molecule has 0 saturated carbocycles. The standard InChI is InChI=1S/C15H24N2O/c1-11-4-5-15-13(8-11)9-14(18-15)10-17(3)12(2)6-7-16/h4-5,8,12,14H,6-7,9-10,16H2,1-3H3. The van der Waals surface area contributed by atoms with Crippen molar-refractivity contribution < 1.29 is 4.74 Å². The fourth-order valence-electron chi connectivity index (χ4n) is 2.51. The van der Waals surface area contributed by atoms with Crippen LogP contribution in [0.3, 0.4) is 0 Å². The van der Waals surface area contributed by atoms with E-state index >= 15 is 0 Å². The number of hydrogen-bond donors (Lipinski definition) is 1. The van der Waals surface area contributed by atoms with E-state index in [-0.39, 0.29) is 6.10 Å². The van der Waals surface area contributed by atoms with Crippen molar-refractivity contribution in [2.24, 2.45) is 5.73 Å². The van der Waals surface area contributed by atoms with E-state index in [1.807, 2.05) is 0 Å². The highest BCUT2D eigenvalue weighted by Crippen LogP contribution is 2.29. The normalized spacial score (nSPS) is 19.7. The fraction of sp³-hybridized carbons (Fsp3) is 0.600. The second-order valence-corrected chi connectivity index (χ2v) is 5.42. The topological polar surface area (TPSA) is 38.5 Å². The Hall–Kier alpha value is -1.06. The summed E-state index contributed by atoms with van der Waals surface area (Å²) < 4.78 is 5.99. The summed E-state index contributed by atoms with van der Waals surface area (Å²) in [5.41, 5.74) is 8.26. The number of ether oxygens (including phenoxy) is 1. The second kappa shape index (κ2) is 5.72. The summed E-state index contributed by atoms with van der Waals surface area (Å²) in [6.07, 6.45) is 2.35. The molecule has 3 nitrogen and oxygen atoms in total. The number of aryl methyl sites for hydroxylation is 1. The number of fused-ring (bicyclic) bond motifs is 1. The zero-order chi connectivity index (χ0) is 13.1. The van der Waals surface area contributed by atoms with Crippen molar-refractivity contribution in [2.45, 2.75) is 38.8 Å². The SMILES string of the molecule is Cc1ccc2c(c1)CC(CN(C)C(C)CCN)O2. The Kier molecular flexibility index (Phi) is 4.25. The van der Waals surface area contributed by atoms with Crippen LogP contribution in [0, 0.1) is 6.92 Å². The number of nitrogens with zero attached hydrogens (tertiary/aromatic N) is 1. The summed E-state index contributed by atoms with van der Waals surface area (Å²) in [6.45, 7) is 6.06. The molecule has 1 heterocycles. The Bertz CT molecular complexity index is 405. The molecule has 0 saturated heterocycles. The minimum Gasteiger partial charge on any atom is -0.488 e. The van der Waals surface area contributed by atoms with Crippen LogP contribution in [0.25, 0.3) is 0 Å². The summed E-state index contributed by atoms with van der Waals surface area (Å²) in [5, 5.41) is 0. The predicted molar refractivity (Wildman–Crippen MR) is 75.1 cm³/mol. The van der Waals surface area contributed by atoms with Crippen LogP contribution in [0.5, 0.6) is 5.75 Å². The van der Waals surface area contributed by atoms with Crippen molar-refractivity contribution in [3.05, 3.63) is 29.3 Å². The van der Waals surface area contributed by atoms with Crippen LogP contribution in [0.4, 0.5) is 0 Å². The number of benzene rings is 1. The van der Waals surface area contributed by atoms with Crippen LogP contribution in [0.2, 0.25) is 0 Å². The number of nitrogens with two attached hydrogens (primary N) is 1. The number of hydrogen-bond acceptors (Lipinski definition) is 3. The maximum Gasteiger partial charge on any atom is 0.123 e. The van der Waals surface area contributed by atoms with E-state index in [0.717, 1.165) is 31.7 Å². The van der Waals surface area contributed by atoms with Crippen LogP contribution in [0.15, 0.2) is 18.2 Å². The molecule has 100 valence electrons. The van der Waals surface area contributed by atoms with Gasteiger partial charge in [0, 0.05) is 19.0 Å². The Labute approximate surface area is 110 Å². The smallest absolute Gasteiger partial charge is 0.123 e. The lowest BCUT2D eigenvalue weighted by Crippen LogP contribution is -2.38. The molecule has 0 bridgehead atoms. The first-order chi connectivity index (χ1) is 8.60. The van der Waals surface area contributed by atoms with Gasteiger partial charge < -0.3 is 10.5 Å². The summed E-state index contributed by atoms with van der Waals surface area (Å²) in [5.74, 6) is 1.06. The molecule has 0 amide bonds. The zero-order valence-electron chi connectivity index (χ0n) is 11.6. The van der Waals surface area contributed by atoms with Crippen molar-refractivity contribution in [1.82, 2.24) is 4.90 Å². The van der Waals surface area contributed by atoms with E-state index in [9.17, 15) is 0 Å². The van der Waals surface area contributed by atoms with E-state index in [4.69, 9.17) is 10.5 Å². The Morgan fingerprint density at radius 3 is 3.00 bits per heavy atom. The number of likely N-dealkylation sites (N-methyl/N-ethyl adjacent to an activating group) is 1. The van der Waals surface area contributed by atoms with E-state index in [1.54, 1.807) is 0 Å². The maximum atomic E-state index is 5.99. The molecule has 1 aliphatic heterocycles. The van der Waals surface area contributed by atoms with Gasteiger partial charge >= 0.3 is 0 Å². The lowest BCUT2D eigenvalue weighted by atomic mass is 10.1. The highest BCUT2D eigenvalue weighted by molar-refractivity contribution is 5.40. The molecule has 0 aliphatic carbocycles. The molecule has 3 heteroatoms. The highest BCUT2D eigenvalue weighted by atomic mass is 16.5. The summed E-state index contributed by atoms with van der Waals surface area (Å²) in [4.78, 5) is 2.34. The first-order valence-corrected chi connectivity index (χ1v) is 6.76. The highest BCUT2D eigenvalue weighted by Gasteiger charge is 2.25. The molecule has 18 heavy (non-hydrogen) atoms.